The molecular formula is C56H76BrCl2N9O14. The fraction of sp³-hybridized carbons (Fsp3) is 0.536. The third-order valence-electron chi connectivity index (χ3n) is 14.4. The molecule has 9 atom stereocenters. The second-order valence-corrected chi connectivity index (χ2v) is 22.4. The summed E-state index contributed by atoms with van der Waals surface area (Å²) in [4.78, 5) is 107. The molecule has 5 rings (SSSR count). The number of anilines is 3. The summed E-state index contributed by atoms with van der Waals surface area (Å²) in [6.07, 6.45) is 1.18. The first-order valence-electron chi connectivity index (χ1n) is 26.9. The Morgan fingerprint density at radius 2 is 1.72 bits per heavy atom. The molecule has 9 amide bonds. The predicted octanol–water partition coefficient (Wildman–Crippen LogP) is 6.67. The minimum absolute atomic E-state index is 0.0408. The van der Waals surface area contributed by atoms with Crippen LogP contribution in [0.25, 0.3) is 0 Å². The molecule has 0 radical (unpaired) electrons. The van der Waals surface area contributed by atoms with Crippen LogP contribution in [0.15, 0.2) is 66.3 Å². The highest BCUT2D eigenvalue weighted by Gasteiger charge is 2.64. The quantitative estimate of drug-likeness (QED) is 0.0258. The van der Waals surface area contributed by atoms with E-state index >= 15 is 0 Å². The summed E-state index contributed by atoms with van der Waals surface area (Å²) in [5.41, 5.74) is 4.53. The predicted molar refractivity (Wildman–Crippen MR) is 313 cm³/mol. The number of carbonyl (C=O) groups excluding carboxylic acids is 8. The lowest BCUT2D eigenvalue weighted by atomic mass is 9.83. The van der Waals surface area contributed by atoms with Gasteiger partial charge in [-0.3, -0.25) is 34.6 Å². The second kappa shape index (κ2) is 30.2. The van der Waals surface area contributed by atoms with Gasteiger partial charge in [-0.25, -0.2) is 14.4 Å². The number of allylic oxidation sites excluding steroid dienone is 3. The number of nitrogens with two attached hydrogens (primary N) is 1. The minimum atomic E-state index is -1.91. The highest BCUT2D eigenvalue weighted by molar-refractivity contribution is 9.09. The second-order valence-electron chi connectivity index (χ2n) is 21.1. The van der Waals surface area contributed by atoms with Crippen molar-refractivity contribution in [2.45, 2.75) is 140 Å². The monoisotopic (exact) mass is 1250 g/mol. The van der Waals surface area contributed by atoms with E-state index in [2.05, 4.69) is 59.7 Å². The Morgan fingerprint density at radius 1 is 1.00 bits per heavy atom. The summed E-state index contributed by atoms with van der Waals surface area (Å²) in [5, 5.41) is 30.9. The van der Waals surface area contributed by atoms with Crippen molar-refractivity contribution in [1.82, 2.24) is 26.6 Å². The molecule has 3 aliphatic heterocycles. The number of hydrogen-bond donors (Lipinski definition) is 9. The first kappa shape index (κ1) is 66.4. The largest absolute Gasteiger partial charge is 0.495 e. The van der Waals surface area contributed by atoms with Crippen molar-refractivity contribution >= 4 is 104 Å². The van der Waals surface area contributed by atoms with Crippen molar-refractivity contribution in [3.05, 3.63) is 81.9 Å². The van der Waals surface area contributed by atoms with E-state index in [-0.39, 0.29) is 71.4 Å². The number of aliphatic hydroxyl groups is 1. The molecule has 0 spiro atoms. The fourth-order valence-electron chi connectivity index (χ4n) is 9.60. The van der Waals surface area contributed by atoms with Crippen molar-refractivity contribution in [3.63, 3.8) is 0 Å². The minimum Gasteiger partial charge on any atom is -0.495 e. The molecule has 0 unspecified atom stereocenters. The van der Waals surface area contributed by atoms with Gasteiger partial charge in [0.15, 0.2) is 5.72 Å². The highest BCUT2D eigenvalue weighted by Crippen LogP contribution is 2.49. The van der Waals surface area contributed by atoms with Crippen LogP contribution in [0.2, 0.25) is 10.0 Å². The topological polar surface area (TPSA) is 320 Å². The molecule has 26 heteroatoms. The van der Waals surface area contributed by atoms with Crippen molar-refractivity contribution in [2.75, 3.05) is 55.2 Å². The standard InChI is InChI=1S/C56H76BrCl2N9O14/c1-30(2)47(66-44(69)18-11-10-12-21-61-49(71)32(4)29-57)51(73)64-38(16-14-22-62-52(60)74)50(72)63-35-19-20-37(36(58)26-35)65-53(75)81-43-27-45(70)68(7)39-24-34(25-40(78-8)46(39)59)23-31(3)15-13-17-42(79-9)56(77)28-41(80-54(76)67-56)33(5)48-55(43,6)82-48/h13,15,17,19-20,24-26,30,33,38,41-43,47-48,77H,4,10-12,14,16,18,21-23,27-29H2,1-3,5-9H3,(H,61,71)(H,63,72)(H,64,73)(H,65,75)(H,66,69)(H,67,76)(H3,60,62,74)/b17-13+,31-15+/t33-,38+,41+,42-,43+,47+,48+,55+,56+/m1/s1. The molecule has 2 aromatic carbocycles. The zero-order valence-corrected chi connectivity index (χ0v) is 50.4. The number of nitrogens with one attached hydrogen (secondary N) is 7. The smallest absolute Gasteiger partial charge is 0.412 e. The van der Waals surface area contributed by atoms with Crippen LogP contribution < -0.4 is 52.6 Å². The molecule has 4 bridgehead atoms. The number of nitrogens with zero attached hydrogens (tertiary/aromatic N) is 1. The highest BCUT2D eigenvalue weighted by atomic mass is 79.9. The molecule has 82 heavy (non-hydrogen) atoms. The van der Waals surface area contributed by atoms with E-state index in [1.165, 1.54) is 44.4 Å². The first-order chi connectivity index (χ1) is 38.7. The Labute approximate surface area is 496 Å². The number of alkyl carbamates (subject to hydrolysis) is 1. The van der Waals surface area contributed by atoms with Gasteiger partial charge in [0.1, 0.15) is 46.8 Å². The van der Waals surface area contributed by atoms with Crippen molar-refractivity contribution < 1.29 is 67.1 Å². The molecule has 0 aliphatic carbocycles. The number of alkyl halides is 1. The Morgan fingerprint density at radius 3 is 2.38 bits per heavy atom. The maximum atomic E-state index is 14.4. The van der Waals surface area contributed by atoms with Crippen molar-refractivity contribution in [3.8, 4) is 5.75 Å². The SMILES string of the molecule is C=C(CBr)C(=O)NCCCCCC(=O)N[C@H](C(=O)N[C@@H](CCCNC(N)=O)C(=O)Nc1ccc(NC(=O)O[C@H]2CC(=O)N(C)c3cc(cc(OC)c3Cl)C/C(C)=C/C=C/[C@@H](OC)[C@@]3(O)C[C@H](OC(=O)N3)[C@@H](C)[C@@H]3O[C@@]23C)c(Cl)c1)C(C)C. The Balaban J connectivity index is 1.32. The van der Waals surface area contributed by atoms with E-state index in [4.69, 9.17) is 52.6 Å². The van der Waals surface area contributed by atoms with E-state index in [9.17, 15) is 43.5 Å². The van der Waals surface area contributed by atoms with Gasteiger partial charge in [-0.05, 0) is 87.8 Å². The van der Waals surface area contributed by atoms with Crippen molar-refractivity contribution in [2.24, 2.45) is 17.6 Å². The number of hydrogen-bond acceptors (Lipinski definition) is 14. The van der Waals surface area contributed by atoms with Crippen LogP contribution in [-0.4, -0.2) is 140 Å². The zero-order valence-electron chi connectivity index (χ0n) is 47.3. The lowest BCUT2D eigenvalue weighted by Crippen LogP contribution is -2.63. The van der Waals surface area contributed by atoms with Crippen LogP contribution in [0.1, 0.15) is 91.5 Å². The molecule has 10 N–H and O–H groups in total. The third-order valence-corrected chi connectivity index (χ3v) is 15.8. The number of epoxide rings is 1. The van der Waals surface area contributed by atoms with Crippen LogP contribution in [0.4, 0.5) is 31.4 Å². The van der Waals surface area contributed by atoms with Crippen LogP contribution in [0, 0.1) is 11.8 Å². The van der Waals surface area contributed by atoms with Crippen LogP contribution >= 0.6 is 39.1 Å². The lowest BCUT2D eigenvalue weighted by Gasteiger charge is -2.42. The van der Waals surface area contributed by atoms with Crippen LogP contribution in [0.5, 0.6) is 5.75 Å². The number of methoxy groups -OCH3 is 2. The molecule has 450 valence electrons. The molecule has 2 fully saturated rings. The van der Waals surface area contributed by atoms with Gasteiger partial charge in [0.25, 0.3) is 0 Å². The maximum Gasteiger partial charge on any atom is 0.412 e. The fourth-order valence-corrected chi connectivity index (χ4v) is 10.4. The number of carbonyl (C=O) groups is 8. The van der Waals surface area contributed by atoms with E-state index in [1.54, 1.807) is 52.0 Å². The number of benzene rings is 2. The molecule has 0 saturated carbocycles. The summed E-state index contributed by atoms with van der Waals surface area (Å²) in [7, 11) is 4.38. The number of halogens is 3. The van der Waals surface area contributed by atoms with E-state index in [1.807, 2.05) is 13.0 Å². The Bertz CT molecular complexity index is 2770. The Kier molecular flexibility index (Phi) is 24.4. The summed E-state index contributed by atoms with van der Waals surface area (Å²) in [6.45, 7) is 13.0. The number of amides is 9. The normalized spacial score (nSPS) is 24.3. The maximum absolute atomic E-state index is 14.4. The average Bonchev–Trinajstić information content (AvgIpc) is 3.49. The van der Waals surface area contributed by atoms with Gasteiger partial charge in [0, 0.05) is 62.6 Å². The number of fused-ring (bicyclic) bond motifs is 5. The summed E-state index contributed by atoms with van der Waals surface area (Å²) in [6, 6.07) is 4.72. The summed E-state index contributed by atoms with van der Waals surface area (Å²) in [5.74, 6) is -3.15. The molecule has 3 heterocycles. The summed E-state index contributed by atoms with van der Waals surface area (Å²) < 4.78 is 29.3. The van der Waals surface area contributed by atoms with E-state index < -0.39 is 96.1 Å². The molecule has 2 saturated heterocycles. The number of primary amides is 1. The summed E-state index contributed by atoms with van der Waals surface area (Å²) >= 11 is 16.7. The average molecular weight is 1250 g/mol. The van der Waals surface area contributed by atoms with Gasteiger partial charge >= 0.3 is 18.2 Å². The molecular weight excluding hydrogens is 1170 g/mol. The first-order valence-corrected chi connectivity index (χ1v) is 28.7. The third kappa shape index (κ3) is 18.3. The number of unbranched alkanes of at least 4 members (excludes halogenated alkanes) is 2. The van der Waals surface area contributed by atoms with Crippen LogP contribution in [-0.2, 0) is 49.3 Å². The van der Waals surface area contributed by atoms with Gasteiger partial charge in [-0.15, -0.1) is 0 Å². The van der Waals surface area contributed by atoms with E-state index in [0.717, 1.165) is 11.1 Å². The van der Waals surface area contributed by atoms with Gasteiger partial charge in [0.2, 0.25) is 29.5 Å². The van der Waals surface area contributed by atoms with Gasteiger partial charge in [-0.2, -0.15) is 0 Å². The Hall–Kier alpha value is -6.44. The zero-order chi connectivity index (χ0) is 60.6. The van der Waals surface area contributed by atoms with Crippen molar-refractivity contribution in [1.29, 1.82) is 0 Å². The van der Waals surface area contributed by atoms with Gasteiger partial charge < -0.3 is 66.0 Å². The van der Waals surface area contributed by atoms with Gasteiger partial charge in [-0.1, -0.05) is 96.7 Å². The number of rotatable bonds is 22. The number of urea groups is 1. The molecule has 23 nitrogen and oxygen atoms in total. The molecule has 2 aromatic rings. The molecule has 0 aromatic heterocycles. The van der Waals surface area contributed by atoms with Gasteiger partial charge in [0.05, 0.1) is 36.0 Å². The molecule has 3 aliphatic rings. The van der Waals surface area contributed by atoms with Crippen LogP contribution in [0.3, 0.4) is 0 Å². The number of ether oxygens (including phenoxy) is 5. The lowest BCUT2D eigenvalue weighted by molar-refractivity contribution is -0.142. The van der Waals surface area contributed by atoms with E-state index in [0.29, 0.717) is 54.6 Å².